The summed E-state index contributed by atoms with van der Waals surface area (Å²) in [7, 11) is -2.35. The Morgan fingerprint density at radius 2 is 1.03 bits per heavy atom. The second kappa shape index (κ2) is 28.2. The number of rotatable bonds is 22. The third-order valence-corrected chi connectivity index (χ3v) is 20.9. The van der Waals surface area contributed by atoms with Gasteiger partial charge in [-0.05, 0) is 88.4 Å². The number of morpholine rings is 2. The predicted octanol–water partition coefficient (Wildman–Crippen LogP) is 10.9. The molecule has 2 aliphatic rings. The Morgan fingerprint density at radius 3 is 1.54 bits per heavy atom. The van der Waals surface area contributed by atoms with Gasteiger partial charge in [-0.15, -0.1) is 20.1 Å². The van der Waals surface area contributed by atoms with Crippen LogP contribution in [0.3, 0.4) is 0 Å². The van der Waals surface area contributed by atoms with Crippen molar-refractivity contribution in [2.75, 3.05) is 75.6 Å². The first-order chi connectivity index (χ1) is 44.8. The molecule has 2 aromatic carbocycles. The number of imidazole rings is 2. The molecule has 0 amide bonds. The normalized spacial score (nSPS) is 14.0. The van der Waals surface area contributed by atoms with Crippen molar-refractivity contribution in [1.29, 1.82) is 0 Å². The first-order valence-electron chi connectivity index (χ1n) is 30.8. The zero-order valence-electron chi connectivity index (χ0n) is 52.4. The van der Waals surface area contributed by atoms with Gasteiger partial charge in [-0.25, -0.2) is 29.0 Å². The summed E-state index contributed by atoms with van der Waals surface area (Å²) >= 11 is 3.31. The highest BCUT2D eigenvalue weighted by Gasteiger charge is 2.26. The summed E-state index contributed by atoms with van der Waals surface area (Å²) in [6.07, 6.45) is 7.34. The maximum atomic E-state index is 5.90. The van der Waals surface area contributed by atoms with Crippen LogP contribution in [0, 0.1) is 0 Å². The Hall–Kier alpha value is -8.49. The molecule has 28 heteroatoms. The van der Waals surface area contributed by atoms with Gasteiger partial charge in [0.2, 0.25) is 11.6 Å². The van der Waals surface area contributed by atoms with E-state index in [2.05, 4.69) is 116 Å². The van der Waals surface area contributed by atoms with Gasteiger partial charge < -0.3 is 28.7 Å². The molecule has 472 valence electrons. The molecule has 0 N–H and O–H groups in total. The highest BCUT2D eigenvalue weighted by molar-refractivity contribution is 7.98. The number of para-hydroxylation sites is 2. The average Bonchev–Trinajstić information content (AvgIpc) is 1.62. The summed E-state index contributed by atoms with van der Waals surface area (Å²) in [6.45, 7) is 21.9. The summed E-state index contributed by atoms with van der Waals surface area (Å²) in [5.74, 6) is 2.23. The first kappa shape index (κ1) is 62.3. The van der Waals surface area contributed by atoms with Crippen molar-refractivity contribution >= 4 is 84.1 Å². The number of tetrazole rings is 2. The van der Waals surface area contributed by atoms with Crippen LogP contribution in [0.25, 0.3) is 78.7 Å². The van der Waals surface area contributed by atoms with Crippen LogP contribution in [0.1, 0.15) is 11.4 Å². The maximum Gasteiger partial charge on any atom is 0.223 e. The van der Waals surface area contributed by atoms with Crippen LogP contribution in [0.5, 0.6) is 0 Å². The Balaban J connectivity index is 0.000000168. The molecule has 14 rings (SSSR count). The van der Waals surface area contributed by atoms with E-state index in [0.29, 0.717) is 74.2 Å². The quantitative estimate of drug-likeness (QED) is 0.0348. The van der Waals surface area contributed by atoms with Crippen LogP contribution < -0.4 is 9.80 Å². The van der Waals surface area contributed by atoms with E-state index in [1.165, 1.54) is 4.80 Å². The number of ether oxygens (including phenoxy) is 4. The summed E-state index contributed by atoms with van der Waals surface area (Å²) in [4.78, 5) is 35.7. The monoisotopic (exact) mass is 1300 g/mol. The Kier molecular flexibility index (Phi) is 19.1. The topological polar surface area (TPSA) is 243 Å². The van der Waals surface area contributed by atoms with E-state index in [9.17, 15) is 0 Å². The van der Waals surface area contributed by atoms with Gasteiger partial charge in [-0.1, -0.05) is 111 Å². The van der Waals surface area contributed by atoms with Crippen molar-refractivity contribution in [3.05, 3.63) is 145 Å². The van der Waals surface area contributed by atoms with Crippen LogP contribution in [-0.2, 0) is 43.9 Å². The number of fused-ring (bicyclic) bond motifs is 4. The lowest BCUT2D eigenvalue weighted by Gasteiger charge is -2.28. The highest BCUT2D eigenvalue weighted by atomic mass is 32.2. The molecule has 0 atom stereocenters. The van der Waals surface area contributed by atoms with Crippen molar-refractivity contribution in [1.82, 2.24) is 89.5 Å². The van der Waals surface area contributed by atoms with Gasteiger partial charge in [-0.3, -0.25) is 9.97 Å². The fraction of sp³-hybridized carbons (Fsp3) is 0.344. The molecule has 0 bridgehead atoms. The third-order valence-electron chi connectivity index (χ3n) is 15.6. The molecule has 0 radical (unpaired) electrons. The smallest absolute Gasteiger partial charge is 0.223 e. The molecule has 12 heterocycles. The lowest BCUT2D eigenvalue weighted by molar-refractivity contribution is 0.0674. The van der Waals surface area contributed by atoms with Crippen molar-refractivity contribution in [2.45, 2.75) is 86.4 Å². The van der Waals surface area contributed by atoms with Gasteiger partial charge in [-0.2, -0.15) is 14.9 Å². The van der Waals surface area contributed by atoms with E-state index in [4.69, 9.17) is 59.0 Å². The van der Waals surface area contributed by atoms with Gasteiger partial charge in [0.25, 0.3) is 0 Å². The minimum atomic E-state index is -1.19. The molecular formula is C64H72N20O4S2Si2. The second-order valence-corrected chi connectivity index (χ2v) is 38.0. The second-order valence-electron chi connectivity index (χ2n) is 24.7. The molecule has 0 spiro atoms. The summed E-state index contributed by atoms with van der Waals surface area (Å²) in [6, 6.07) is 38.8. The van der Waals surface area contributed by atoms with E-state index < -0.39 is 16.1 Å². The predicted molar refractivity (Wildman–Crippen MR) is 363 cm³/mol. The number of pyridine rings is 4. The van der Waals surface area contributed by atoms with Gasteiger partial charge in [0.05, 0.1) is 94.1 Å². The zero-order chi connectivity index (χ0) is 63.0. The molecular weight excluding hydrogens is 1230 g/mol. The molecule has 24 nitrogen and oxygen atoms in total. The fourth-order valence-corrected chi connectivity index (χ4v) is 13.8. The standard InChI is InChI=1S/2C32H36N10O2SSi/c1-46(2,3)19-18-44-22-41-31(37-38-39-41)26-10-8-24(20-33-26)30-27(21-45-29-11-9-23-6-4-5-7-25(23)35-29)36-32-28(12-13-34-42(30)32)40-14-16-43-17-15-40;1-46(2,3)19-18-44-22-41-38-31(37-39-41)26-10-8-24(20-33-26)30-27(21-45-29-11-9-23-6-4-5-7-25(23)35-29)36-32-28(12-13-34-42(30)32)40-14-16-43-17-15-40/h2*4-13,20H,14-19,21-22H2,1-3H3. The van der Waals surface area contributed by atoms with E-state index in [0.717, 1.165) is 127 Å². The SMILES string of the molecule is C[Si](C)(C)CCOCn1nnc(-c2ccc(-c3c(CSc4ccc5ccccc5n4)nc4c(N5CCOCC5)ccnn34)cn2)n1.C[Si](C)(C)CCOCn1nnnc1-c1ccc(-c2c(CSc3ccc4ccccc4n3)nc3c(N4CCOCC4)ccnn23)cn1. The number of thioether (sulfide) groups is 2. The van der Waals surface area contributed by atoms with Crippen molar-refractivity contribution in [2.24, 2.45) is 0 Å². The molecule has 2 fully saturated rings. The van der Waals surface area contributed by atoms with Crippen LogP contribution in [-0.4, -0.2) is 172 Å². The Labute approximate surface area is 542 Å². The highest BCUT2D eigenvalue weighted by Crippen LogP contribution is 2.36. The number of hydrogen-bond donors (Lipinski definition) is 0. The summed E-state index contributed by atoms with van der Waals surface area (Å²) in [5.41, 5.74) is 12.3. The van der Waals surface area contributed by atoms with E-state index >= 15 is 0 Å². The molecule has 2 saturated heterocycles. The van der Waals surface area contributed by atoms with Gasteiger partial charge >= 0.3 is 0 Å². The molecule has 92 heavy (non-hydrogen) atoms. The van der Waals surface area contributed by atoms with E-state index in [-0.39, 0.29) is 13.5 Å². The van der Waals surface area contributed by atoms with Crippen molar-refractivity contribution in [3.63, 3.8) is 0 Å². The molecule has 2 aliphatic heterocycles. The third kappa shape index (κ3) is 14.9. The average molecular weight is 1310 g/mol. The van der Waals surface area contributed by atoms with Crippen molar-refractivity contribution in [3.8, 4) is 45.6 Å². The largest absolute Gasteiger partial charge is 0.378 e. The molecule has 10 aromatic heterocycles. The van der Waals surface area contributed by atoms with Gasteiger partial charge in [0.15, 0.2) is 18.0 Å². The van der Waals surface area contributed by atoms with Gasteiger partial charge in [0, 0.05) is 101 Å². The molecule has 0 saturated carbocycles. The lowest BCUT2D eigenvalue weighted by Crippen LogP contribution is -2.36. The summed E-state index contributed by atoms with van der Waals surface area (Å²) in [5, 5.41) is 38.8. The first-order valence-corrected chi connectivity index (χ1v) is 40.2. The van der Waals surface area contributed by atoms with Crippen molar-refractivity contribution < 1.29 is 18.9 Å². The Morgan fingerprint density at radius 1 is 0.522 bits per heavy atom. The molecule has 0 unspecified atom stereocenters. The van der Waals surface area contributed by atoms with Crippen LogP contribution in [0.2, 0.25) is 51.4 Å². The number of aromatic nitrogens is 18. The number of benzene rings is 2. The number of hydrogen-bond acceptors (Lipinski definition) is 22. The van der Waals surface area contributed by atoms with Crippen LogP contribution in [0.4, 0.5) is 11.4 Å². The van der Waals surface area contributed by atoms with Crippen LogP contribution >= 0.6 is 23.5 Å². The van der Waals surface area contributed by atoms with E-state index in [1.807, 2.05) is 107 Å². The zero-order valence-corrected chi connectivity index (χ0v) is 56.0. The minimum Gasteiger partial charge on any atom is -0.378 e. The maximum absolute atomic E-state index is 5.90. The molecule has 12 aromatic rings. The summed E-state index contributed by atoms with van der Waals surface area (Å²) < 4.78 is 28.4. The number of anilines is 2. The molecule has 0 aliphatic carbocycles. The Bertz CT molecular complexity index is 4470. The van der Waals surface area contributed by atoms with Crippen LogP contribution in [0.15, 0.2) is 144 Å². The number of nitrogens with zero attached hydrogens (tertiary/aromatic N) is 20. The lowest BCUT2D eigenvalue weighted by atomic mass is 10.1. The van der Waals surface area contributed by atoms with E-state index in [1.54, 1.807) is 28.2 Å². The fourth-order valence-electron chi connectivity index (χ4n) is 10.6. The van der Waals surface area contributed by atoms with Gasteiger partial charge in [0.1, 0.15) is 18.1 Å². The minimum absolute atomic E-state index is 0.265.